The van der Waals surface area contributed by atoms with Crippen LogP contribution in [0.4, 0.5) is 0 Å². The van der Waals surface area contributed by atoms with Crippen LogP contribution in [0.2, 0.25) is 0 Å². The lowest BCUT2D eigenvalue weighted by Crippen LogP contribution is -2.16. The van der Waals surface area contributed by atoms with Crippen molar-refractivity contribution in [1.29, 1.82) is 0 Å². The van der Waals surface area contributed by atoms with Gasteiger partial charge in [-0.2, -0.15) is 8.42 Å². The van der Waals surface area contributed by atoms with Crippen molar-refractivity contribution >= 4 is 43.3 Å². The Labute approximate surface area is 226 Å². The lowest BCUT2D eigenvalue weighted by Gasteiger charge is -2.10. The number of hydrogen-bond acceptors (Lipinski definition) is 5. The quantitative estimate of drug-likeness (QED) is 0.167. The highest BCUT2D eigenvalue weighted by atomic mass is 79.9. The van der Waals surface area contributed by atoms with E-state index in [0.717, 1.165) is 21.4 Å². The number of carbonyl (C=O) groups is 1. The maximum Gasteiger partial charge on any atom is 0.343 e. The molecule has 0 N–H and O–H groups in total. The van der Waals surface area contributed by atoms with Gasteiger partial charge in [0, 0.05) is 15.5 Å². The molecule has 1 aromatic heterocycles. The fourth-order valence-corrected chi connectivity index (χ4v) is 5.97. The van der Waals surface area contributed by atoms with Gasteiger partial charge in [-0.1, -0.05) is 52.3 Å². The normalized spacial score (nSPS) is 11.9. The van der Waals surface area contributed by atoms with Gasteiger partial charge in [0.25, 0.3) is 10.0 Å². The Hall–Kier alpha value is -3.79. The third kappa shape index (κ3) is 5.64. The topological polar surface area (TPSA) is 77.7 Å². The standard InChI is InChI=1S/C28H19BrN2O4S2/c29-22-13-17-25(18-14-22)37(33,34)30-28-31(23-9-5-2-6-10-23)26(19-36-28)20-11-15-24(16-12-20)35-27(32)21-7-3-1-4-8-21/h1-19H/b30-28+. The summed E-state index contributed by atoms with van der Waals surface area (Å²) in [5, 5.41) is 1.86. The number of benzene rings is 4. The summed E-state index contributed by atoms with van der Waals surface area (Å²) in [6.45, 7) is 0. The van der Waals surface area contributed by atoms with E-state index < -0.39 is 16.0 Å². The van der Waals surface area contributed by atoms with Crippen molar-refractivity contribution in [2.24, 2.45) is 4.40 Å². The molecule has 4 aromatic carbocycles. The van der Waals surface area contributed by atoms with E-state index in [1.54, 1.807) is 53.1 Å². The van der Waals surface area contributed by atoms with Gasteiger partial charge in [-0.25, -0.2) is 4.79 Å². The zero-order valence-electron chi connectivity index (χ0n) is 19.2. The molecule has 0 spiro atoms. The first-order valence-corrected chi connectivity index (χ1v) is 14.2. The molecule has 5 rings (SSSR count). The van der Waals surface area contributed by atoms with E-state index in [0.29, 0.717) is 16.1 Å². The van der Waals surface area contributed by atoms with Crippen LogP contribution < -0.4 is 9.54 Å². The predicted octanol–water partition coefficient (Wildman–Crippen LogP) is 6.48. The Bertz CT molecular complexity index is 1710. The van der Waals surface area contributed by atoms with E-state index in [2.05, 4.69) is 20.3 Å². The second-order valence-corrected chi connectivity index (χ2v) is 11.2. The number of sulfonamides is 1. The number of esters is 1. The molecule has 0 amide bonds. The summed E-state index contributed by atoms with van der Waals surface area (Å²) in [7, 11) is -3.94. The number of halogens is 1. The van der Waals surface area contributed by atoms with Crippen LogP contribution in [0.3, 0.4) is 0 Å². The second-order valence-electron chi connectivity index (χ2n) is 7.87. The summed E-state index contributed by atoms with van der Waals surface area (Å²) in [6, 6.07) is 31.6. The molecule has 0 saturated heterocycles. The molecule has 184 valence electrons. The van der Waals surface area contributed by atoms with Crippen molar-refractivity contribution in [3.63, 3.8) is 0 Å². The summed E-state index contributed by atoms with van der Waals surface area (Å²) in [6.07, 6.45) is 0. The van der Waals surface area contributed by atoms with Gasteiger partial charge < -0.3 is 4.74 Å². The Morgan fingerprint density at radius 3 is 2.08 bits per heavy atom. The molecule has 0 bridgehead atoms. The number of hydrogen-bond donors (Lipinski definition) is 0. The van der Waals surface area contributed by atoms with Crippen molar-refractivity contribution in [3.8, 4) is 22.7 Å². The molecule has 6 nitrogen and oxygen atoms in total. The van der Waals surface area contributed by atoms with E-state index in [1.807, 2.05) is 53.9 Å². The molecule has 5 aromatic rings. The number of carbonyl (C=O) groups excluding carboxylic acids is 1. The molecule has 0 radical (unpaired) electrons. The Morgan fingerprint density at radius 1 is 0.811 bits per heavy atom. The van der Waals surface area contributed by atoms with Crippen LogP contribution in [0.25, 0.3) is 16.9 Å². The monoisotopic (exact) mass is 590 g/mol. The average Bonchev–Trinajstić information content (AvgIpc) is 3.33. The molecule has 0 aliphatic carbocycles. The number of aromatic nitrogens is 1. The molecule has 37 heavy (non-hydrogen) atoms. The van der Waals surface area contributed by atoms with Gasteiger partial charge in [0.05, 0.1) is 16.2 Å². The highest BCUT2D eigenvalue weighted by Gasteiger charge is 2.16. The summed E-state index contributed by atoms with van der Waals surface area (Å²) in [5.74, 6) is -0.0377. The Balaban J connectivity index is 1.53. The van der Waals surface area contributed by atoms with Crippen molar-refractivity contribution in [3.05, 3.63) is 129 Å². The van der Waals surface area contributed by atoms with Crippen LogP contribution in [-0.2, 0) is 10.0 Å². The largest absolute Gasteiger partial charge is 0.423 e. The fourth-order valence-electron chi connectivity index (χ4n) is 3.60. The van der Waals surface area contributed by atoms with Gasteiger partial charge in [-0.3, -0.25) is 4.57 Å². The van der Waals surface area contributed by atoms with Crippen molar-refractivity contribution in [1.82, 2.24) is 4.57 Å². The van der Waals surface area contributed by atoms with E-state index in [-0.39, 0.29) is 4.90 Å². The Kier molecular flexibility index (Phi) is 7.18. The van der Waals surface area contributed by atoms with E-state index >= 15 is 0 Å². The summed E-state index contributed by atoms with van der Waals surface area (Å²) in [5.41, 5.74) is 2.79. The SMILES string of the molecule is O=C(Oc1ccc(-c2cs/c(=N/S(=O)(=O)c3ccc(Br)cc3)n2-c2ccccc2)cc1)c1ccccc1. The molecule has 0 saturated carbocycles. The molecular weight excluding hydrogens is 572 g/mol. The molecule has 9 heteroatoms. The number of rotatable bonds is 6. The molecule has 0 aliphatic heterocycles. The predicted molar refractivity (Wildman–Crippen MR) is 147 cm³/mol. The fraction of sp³-hybridized carbons (Fsp3) is 0. The van der Waals surface area contributed by atoms with Gasteiger partial charge in [-0.05, 0) is 78.4 Å². The number of para-hydroxylation sites is 1. The third-order valence-electron chi connectivity index (χ3n) is 5.40. The van der Waals surface area contributed by atoms with Crippen molar-refractivity contribution < 1.29 is 17.9 Å². The van der Waals surface area contributed by atoms with Gasteiger partial charge in [0.2, 0.25) is 4.80 Å². The van der Waals surface area contributed by atoms with Crippen LogP contribution in [0.1, 0.15) is 10.4 Å². The maximum absolute atomic E-state index is 13.1. The molecule has 0 atom stereocenters. The minimum absolute atomic E-state index is 0.106. The highest BCUT2D eigenvalue weighted by Crippen LogP contribution is 2.26. The number of nitrogens with zero attached hydrogens (tertiary/aromatic N) is 2. The van der Waals surface area contributed by atoms with Crippen LogP contribution in [0.15, 0.2) is 128 Å². The average molecular weight is 592 g/mol. The number of ether oxygens (including phenoxy) is 1. The molecular formula is C28H19BrN2O4S2. The lowest BCUT2D eigenvalue weighted by atomic mass is 10.1. The van der Waals surface area contributed by atoms with Crippen LogP contribution >= 0.6 is 27.3 Å². The molecule has 1 heterocycles. The van der Waals surface area contributed by atoms with Crippen molar-refractivity contribution in [2.75, 3.05) is 0 Å². The van der Waals surface area contributed by atoms with E-state index in [1.165, 1.54) is 23.5 Å². The summed E-state index contributed by atoms with van der Waals surface area (Å²) < 4.78 is 38.4. The van der Waals surface area contributed by atoms with Gasteiger partial charge in [-0.15, -0.1) is 15.7 Å². The smallest absolute Gasteiger partial charge is 0.343 e. The lowest BCUT2D eigenvalue weighted by molar-refractivity contribution is 0.0734. The van der Waals surface area contributed by atoms with Gasteiger partial charge in [0.15, 0.2) is 0 Å². The van der Waals surface area contributed by atoms with Gasteiger partial charge >= 0.3 is 5.97 Å². The zero-order valence-corrected chi connectivity index (χ0v) is 22.4. The van der Waals surface area contributed by atoms with E-state index in [9.17, 15) is 13.2 Å². The minimum atomic E-state index is -3.94. The minimum Gasteiger partial charge on any atom is -0.423 e. The third-order valence-corrected chi connectivity index (χ3v) is 8.15. The second kappa shape index (κ2) is 10.7. The summed E-state index contributed by atoms with van der Waals surface area (Å²) >= 11 is 4.55. The first-order chi connectivity index (χ1) is 17.9. The van der Waals surface area contributed by atoms with Gasteiger partial charge in [0.1, 0.15) is 5.75 Å². The first kappa shape index (κ1) is 24.9. The van der Waals surface area contributed by atoms with E-state index in [4.69, 9.17) is 4.74 Å². The van der Waals surface area contributed by atoms with Crippen LogP contribution in [0, 0.1) is 0 Å². The maximum atomic E-state index is 13.1. The molecule has 0 unspecified atom stereocenters. The van der Waals surface area contributed by atoms with Crippen LogP contribution in [-0.4, -0.2) is 19.0 Å². The highest BCUT2D eigenvalue weighted by molar-refractivity contribution is 9.10. The molecule has 0 fully saturated rings. The first-order valence-electron chi connectivity index (χ1n) is 11.1. The number of thiazole rings is 1. The summed E-state index contributed by atoms with van der Waals surface area (Å²) in [4.78, 5) is 12.8. The Morgan fingerprint density at radius 2 is 1.43 bits per heavy atom. The molecule has 0 aliphatic rings. The van der Waals surface area contributed by atoms with Crippen LogP contribution in [0.5, 0.6) is 5.75 Å². The zero-order chi connectivity index (χ0) is 25.8. The van der Waals surface area contributed by atoms with Crippen molar-refractivity contribution in [2.45, 2.75) is 4.90 Å².